The minimum Gasteiger partial charge on any atom is -0.480 e. The fourth-order valence-electron chi connectivity index (χ4n) is 12.9. The van der Waals surface area contributed by atoms with Crippen molar-refractivity contribution in [3.05, 3.63) is 229 Å². The van der Waals surface area contributed by atoms with E-state index >= 15 is 0 Å². The molecule has 0 saturated carbocycles. The van der Waals surface area contributed by atoms with Gasteiger partial charge in [-0.25, -0.2) is 64.1 Å². The molecular formula is C82H86BrCl2F8N15O17. The summed E-state index contributed by atoms with van der Waals surface area (Å²) in [5.74, 6) is -8.43. The van der Waals surface area contributed by atoms with Crippen LogP contribution in [0, 0.1) is 46.5 Å². The molecule has 16 rings (SSSR count). The lowest BCUT2D eigenvalue weighted by molar-refractivity contribution is 0.0592. The number of nitrogen functional groups attached to an aromatic ring is 5. The van der Waals surface area contributed by atoms with Crippen molar-refractivity contribution in [3.63, 3.8) is 0 Å². The number of nitrogens with one attached hydrogen (secondary N) is 2. The number of nitrogens with zero attached hydrogens (tertiary/aromatic N) is 8. The second kappa shape index (κ2) is 44.8. The summed E-state index contributed by atoms with van der Waals surface area (Å²) in [6.45, 7) is 11.6. The number of carbonyl (C=O) groups is 3. The number of aliphatic hydroxyl groups excluding tert-OH is 1. The Kier molecular flexibility index (Phi) is 34.6. The average Bonchev–Trinajstić information content (AvgIpc) is 0.792. The lowest BCUT2D eigenvalue weighted by Gasteiger charge is -2.29. The molecule has 9 heterocycles. The highest BCUT2D eigenvalue weighted by Crippen LogP contribution is 2.36. The molecule has 7 aromatic carbocycles. The van der Waals surface area contributed by atoms with Crippen molar-refractivity contribution >= 4 is 147 Å². The van der Waals surface area contributed by atoms with Crippen LogP contribution in [0.25, 0.3) is 32.7 Å². The van der Waals surface area contributed by atoms with Crippen molar-refractivity contribution < 1.29 is 102 Å². The van der Waals surface area contributed by atoms with Crippen LogP contribution in [0.3, 0.4) is 0 Å². The summed E-state index contributed by atoms with van der Waals surface area (Å²) < 4.78 is 154. The van der Waals surface area contributed by atoms with Gasteiger partial charge in [0.15, 0.2) is 46.1 Å². The number of fused-ring (bicyclic) bond motifs is 3. The molecule has 5 aliphatic heterocycles. The number of carboxylic acid groups (broad SMARTS) is 1. The van der Waals surface area contributed by atoms with Gasteiger partial charge in [0, 0.05) is 98.9 Å². The maximum absolute atomic E-state index is 14.6. The number of benzene rings is 7. The summed E-state index contributed by atoms with van der Waals surface area (Å²) in [6, 6.07) is 25.9. The first-order valence-electron chi connectivity index (χ1n) is 37.5. The Morgan fingerprint density at radius 2 is 0.888 bits per heavy atom. The second-order valence-electron chi connectivity index (χ2n) is 26.9. The van der Waals surface area contributed by atoms with E-state index in [0.29, 0.717) is 193 Å². The number of ether oxygens (including phenoxy) is 8. The number of rotatable bonds is 11. The van der Waals surface area contributed by atoms with Crippen molar-refractivity contribution in [1.29, 1.82) is 0 Å². The molecule has 0 amide bonds. The lowest BCUT2D eigenvalue weighted by atomic mass is 10.1. The molecule has 1 unspecified atom stereocenters. The number of carbonyl (C=O) groups excluding carboxylic acids is 2. The van der Waals surface area contributed by atoms with Crippen LogP contribution in [-0.4, -0.2) is 206 Å². The Hall–Kier alpha value is -12.4. The zero-order chi connectivity index (χ0) is 89.8. The molecule has 5 saturated heterocycles. The molecule has 668 valence electrons. The summed E-state index contributed by atoms with van der Waals surface area (Å²) in [4.78, 5) is 85.7. The third-order valence-corrected chi connectivity index (χ3v) is 20.5. The van der Waals surface area contributed by atoms with E-state index in [1.165, 1.54) is 62.8 Å². The SMILES string of the molecule is C.COC(=O)c1ccc(F)c(F)c1N.COC(=O)c1ccc(N2CCOCC2)c(F)c1N.COc1ccc(C(O)c2cc(Br)c(F)cc2Cl)nn1.Nc1c(C(=O)O)ccc(N2CCOCC2)c1F.Nc1cc(=O)c2ccc(N3CCOCC3)c(F)c2[nH]1.Nc1cc(Cl)c2ccc(N3CCOCC3)c(F)c2n1.O=c1[nH]c2c(F)c(N3CCOCC3)ccc2c(=O)o1. The number of aromatic nitrogens is 5. The molecule has 0 aliphatic carbocycles. The molecule has 14 N–H and O–H groups in total. The van der Waals surface area contributed by atoms with Crippen molar-refractivity contribution in [2.75, 3.05) is 206 Å². The predicted molar refractivity (Wildman–Crippen MR) is 459 cm³/mol. The second-order valence-corrected chi connectivity index (χ2v) is 28.5. The maximum Gasteiger partial charge on any atom is 0.419 e. The van der Waals surface area contributed by atoms with Crippen molar-refractivity contribution in [3.8, 4) is 5.88 Å². The Morgan fingerprint density at radius 1 is 0.480 bits per heavy atom. The number of methoxy groups -OCH3 is 3. The Labute approximate surface area is 725 Å². The van der Waals surface area contributed by atoms with Crippen molar-refractivity contribution in [2.45, 2.75) is 13.5 Å². The number of aromatic amines is 2. The van der Waals surface area contributed by atoms with Gasteiger partial charge in [-0.2, -0.15) is 0 Å². The molecule has 5 fully saturated rings. The maximum atomic E-state index is 14.6. The molecule has 0 bridgehead atoms. The standard InChI is InChI=1S/C13H13ClFN3O.C13H14FN3O2.C12H9BrClFN2O2.C12H11FN2O4.C12H15FN2O3.C11H13FN2O3.C8H7F2NO2.CH4/c14-9-7-11(16)17-13-8(9)1-2-10(12(13)15)18-3-5-19-6-4-18;14-12-9(17-3-5-19-6-4-17)2-1-8-10(18)7-11(15)16-13(8)12;1-19-11-3-2-10(16-17-11)12(18)6-4-7(13)9(15)5-8(6)14;13-9-8(15-3-5-18-6-4-15)2-1-7-10(9)14-12(17)19-11(7)16;1-17-12(16)8-2-3-9(10(13)11(8)14)15-4-6-18-7-5-15;12-9-8(14-3-5-17-6-4-14)2-1-7(10(9)13)11(15)16;1-13-8(12)4-2-3-5(9)6(10)7(4)11;/h1-2,7H,3-6H2,(H2,16,17);1-2,7H,3-6H2,(H3,15,16,18);2-5,12,18H,1H3;1-2H,3-6H2,(H,14,17);2-3H,4-7,14H2,1H3;1-2H,3-6,13H2,(H,15,16);2-3H,11H2,1H3;1H4. The van der Waals surface area contributed by atoms with Gasteiger partial charge in [0.1, 0.15) is 29.1 Å². The number of hydrogen-bond acceptors (Lipinski definition) is 29. The molecule has 1 atom stereocenters. The number of morpholine rings is 5. The monoisotopic (exact) mass is 1850 g/mol. The van der Waals surface area contributed by atoms with Crippen LogP contribution in [-0.2, 0) is 33.2 Å². The average molecular weight is 1860 g/mol. The van der Waals surface area contributed by atoms with E-state index in [1.807, 2.05) is 19.6 Å². The first-order chi connectivity index (χ1) is 59.3. The van der Waals surface area contributed by atoms with E-state index in [1.54, 1.807) is 47.4 Å². The number of aliphatic hydroxyl groups is 1. The van der Waals surface area contributed by atoms with Crippen LogP contribution in [0.5, 0.6) is 5.88 Å². The smallest absolute Gasteiger partial charge is 0.419 e. The van der Waals surface area contributed by atoms with E-state index in [4.69, 9.17) is 85.4 Å². The third kappa shape index (κ3) is 23.8. The number of halogens is 11. The van der Waals surface area contributed by atoms with Crippen molar-refractivity contribution in [1.82, 2.24) is 25.1 Å². The Balaban J connectivity index is 0.000000165. The van der Waals surface area contributed by atoms with Crippen molar-refractivity contribution in [2.24, 2.45) is 0 Å². The third-order valence-electron chi connectivity index (χ3n) is 19.3. The zero-order valence-corrected chi connectivity index (χ0v) is 69.3. The summed E-state index contributed by atoms with van der Waals surface area (Å²) in [6.07, 6.45) is -1.09. The van der Waals surface area contributed by atoms with Crippen LogP contribution < -0.4 is 74.7 Å². The molecule has 0 radical (unpaired) electrons. The number of nitrogens with two attached hydrogens (primary N) is 5. The summed E-state index contributed by atoms with van der Waals surface area (Å²) >= 11 is 15.0. The van der Waals surface area contributed by atoms with Gasteiger partial charge in [-0.05, 0) is 113 Å². The highest BCUT2D eigenvalue weighted by molar-refractivity contribution is 9.10. The van der Waals surface area contributed by atoms with Gasteiger partial charge < -0.3 is 111 Å². The van der Waals surface area contributed by atoms with E-state index in [2.05, 4.69) is 55.0 Å². The van der Waals surface area contributed by atoms with Gasteiger partial charge in [-0.15, -0.1) is 10.2 Å². The first kappa shape index (κ1) is 96.5. The fraction of sp³-hybridized carbons (Fsp3) is 0.305. The van der Waals surface area contributed by atoms with Gasteiger partial charge in [0.25, 0.3) is 0 Å². The highest BCUT2D eigenvalue weighted by atomic mass is 79.9. The molecule has 4 aromatic heterocycles. The Morgan fingerprint density at radius 3 is 1.34 bits per heavy atom. The van der Waals surface area contributed by atoms with E-state index in [9.17, 15) is 69.0 Å². The lowest BCUT2D eigenvalue weighted by Crippen LogP contribution is -2.37. The van der Waals surface area contributed by atoms with Gasteiger partial charge in [-0.3, -0.25) is 9.78 Å². The minimum atomic E-state index is -1.23. The summed E-state index contributed by atoms with van der Waals surface area (Å²) in [7, 11) is 3.83. The van der Waals surface area contributed by atoms with Crippen LogP contribution in [0.4, 0.5) is 92.3 Å². The summed E-state index contributed by atoms with van der Waals surface area (Å²) in [5, 5.41) is 28.0. The molecule has 11 aromatic rings. The number of anilines is 10. The number of pyridine rings is 2. The van der Waals surface area contributed by atoms with Gasteiger partial charge in [0.05, 0.1) is 181 Å². The topological polar surface area (TPSA) is 446 Å². The number of esters is 2. The number of aromatic carboxylic acids is 1. The number of H-pyrrole nitrogens is 2. The van der Waals surface area contributed by atoms with Crippen LogP contribution in [0.15, 0.2) is 132 Å². The van der Waals surface area contributed by atoms with E-state index in [0.717, 1.165) is 25.3 Å². The molecule has 32 nitrogen and oxygen atoms in total. The largest absolute Gasteiger partial charge is 0.480 e. The zero-order valence-electron chi connectivity index (χ0n) is 66.3. The first-order valence-corrected chi connectivity index (χ1v) is 39.0. The minimum absolute atomic E-state index is 0. The molecule has 125 heavy (non-hydrogen) atoms. The number of hydrogen-bond donors (Lipinski definition) is 9. The highest BCUT2D eigenvalue weighted by Gasteiger charge is 2.27. The van der Waals surface area contributed by atoms with Gasteiger partial charge in [-0.1, -0.05) is 30.6 Å². The molecule has 43 heteroatoms. The molecule has 0 spiro atoms. The molecular weight excluding hydrogens is 1770 g/mol. The van der Waals surface area contributed by atoms with Crippen LogP contribution in [0.2, 0.25) is 10.0 Å². The summed E-state index contributed by atoms with van der Waals surface area (Å²) in [5.41, 5.74) is 27.9. The molecule has 5 aliphatic rings. The van der Waals surface area contributed by atoms with Gasteiger partial charge >= 0.3 is 29.3 Å². The predicted octanol–water partition coefficient (Wildman–Crippen LogP) is 11.1. The fourth-order valence-corrected chi connectivity index (χ4v) is 13.7. The van der Waals surface area contributed by atoms with Crippen LogP contribution in [0.1, 0.15) is 55.9 Å². The van der Waals surface area contributed by atoms with E-state index in [-0.39, 0.29) is 89.8 Å². The van der Waals surface area contributed by atoms with Gasteiger partial charge in [0.2, 0.25) is 5.88 Å². The normalized spacial score (nSPS) is 14.6. The Bertz CT molecular complexity index is 5850. The van der Waals surface area contributed by atoms with E-state index < -0.39 is 81.8 Å². The quantitative estimate of drug-likeness (QED) is 0.0251. The number of carboxylic acids is 1. The van der Waals surface area contributed by atoms with Crippen LogP contribution >= 0.6 is 39.1 Å².